The highest BCUT2D eigenvalue weighted by atomic mass is 16.5. The normalized spacial score (nSPS) is 19.3. The fraction of sp³-hybridized carbons (Fsp3) is 0.286. The molecule has 0 unspecified atom stereocenters. The van der Waals surface area contributed by atoms with Gasteiger partial charge in [0, 0.05) is 29.9 Å². The molecule has 0 spiro atoms. The minimum atomic E-state index is -0.0146. The third kappa shape index (κ3) is 3.24. The van der Waals surface area contributed by atoms with Crippen LogP contribution in [0.1, 0.15) is 36.2 Å². The van der Waals surface area contributed by atoms with Gasteiger partial charge in [0.1, 0.15) is 11.3 Å². The van der Waals surface area contributed by atoms with Gasteiger partial charge < -0.3 is 19.5 Å². The van der Waals surface area contributed by atoms with Gasteiger partial charge in [-0.05, 0) is 48.6 Å². The van der Waals surface area contributed by atoms with Crippen molar-refractivity contribution >= 4 is 33.7 Å². The molecule has 172 valence electrons. The largest absolute Gasteiger partial charge is 0.497 e. The molecular formula is C28H27N3O3. The average Bonchev–Trinajstić information content (AvgIpc) is 3.28. The van der Waals surface area contributed by atoms with Crippen LogP contribution in [0.4, 0.5) is 17.1 Å². The number of methoxy groups -OCH3 is 1. The molecule has 1 aliphatic carbocycles. The predicted octanol–water partition coefficient (Wildman–Crippen LogP) is 6.27. The molecule has 6 nitrogen and oxygen atoms in total. The Morgan fingerprint density at radius 3 is 2.44 bits per heavy atom. The zero-order valence-electron chi connectivity index (χ0n) is 19.6. The van der Waals surface area contributed by atoms with Crippen molar-refractivity contribution < 1.29 is 14.1 Å². The summed E-state index contributed by atoms with van der Waals surface area (Å²) in [6.45, 7) is 6.49. The number of nitrogens with one attached hydrogen (secondary N) is 1. The van der Waals surface area contributed by atoms with Gasteiger partial charge in [-0.3, -0.25) is 4.79 Å². The van der Waals surface area contributed by atoms with E-state index in [1.165, 1.54) is 6.42 Å². The summed E-state index contributed by atoms with van der Waals surface area (Å²) < 4.78 is 11.2. The molecule has 1 N–H and O–H groups in total. The number of piperidine rings is 1. The number of fused-ring (bicyclic) bond motifs is 2. The number of ketones is 1. The lowest BCUT2D eigenvalue weighted by atomic mass is 9.85. The molecular weight excluding hydrogens is 426 g/mol. The van der Waals surface area contributed by atoms with E-state index in [4.69, 9.17) is 9.26 Å². The van der Waals surface area contributed by atoms with Crippen LogP contribution in [-0.2, 0) is 0 Å². The zero-order valence-corrected chi connectivity index (χ0v) is 19.6. The quantitative estimate of drug-likeness (QED) is 0.346. The highest BCUT2D eigenvalue weighted by molar-refractivity contribution is 6.28. The van der Waals surface area contributed by atoms with Crippen molar-refractivity contribution in [2.45, 2.75) is 20.3 Å². The molecule has 1 aliphatic heterocycles. The van der Waals surface area contributed by atoms with Gasteiger partial charge in [0.2, 0.25) is 0 Å². The number of rotatable bonds is 4. The Morgan fingerprint density at radius 2 is 1.74 bits per heavy atom. The number of carbonyl (C=O) groups excluding carboxylic acids is 1. The molecule has 2 aliphatic rings. The third-order valence-electron chi connectivity index (χ3n) is 6.96. The molecule has 3 aromatic carbocycles. The van der Waals surface area contributed by atoms with Crippen molar-refractivity contribution in [3.63, 3.8) is 0 Å². The Bertz CT molecular complexity index is 1400. The molecule has 1 saturated heterocycles. The van der Waals surface area contributed by atoms with Crippen LogP contribution in [0.3, 0.4) is 0 Å². The second kappa shape index (κ2) is 7.90. The van der Waals surface area contributed by atoms with Crippen molar-refractivity contribution in [1.82, 2.24) is 5.16 Å². The summed E-state index contributed by atoms with van der Waals surface area (Å²) in [4.78, 5) is 16.1. The first kappa shape index (κ1) is 20.8. The molecule has 0 amide bonds. The number of anilines is 3. The van der Waals surface area contributed by atoms with Gasteiger partial charge in [-0.2, -0.15) is 0 Å². The first-order valence-electron chi connectivity index (χ1n) is 11.8. The molecule has 6 heteroatoms. The number of hydrogen-bond acceptors (Lipinski definition) is 6. The molecule has 0 saturated carbocycles. The number of benzene rings is 3. The monoisotopic (exact) mass is 453 g/mol. The highest BCUT2D eigenvalue weighted by Gasteiger charge is 2.34. The van der Waals surface area contributed by atoms with Crippen LogP contribution in [0.25, 0.3) is 22.2 Å². The lowest BCUT2D eigenvalue weighted by molar-refractivity contribution is 0.104. The van der Waals surface area contributed by atoms with E-state index in [2.05, 4.69) is 35.3 Å². The van der Waals surface area contributed by atoms with Gasteiger partial charge in [-0.15, -0.1) is 0 Å². The van der Waals surface area contributed by atoms with E-state index in [1.807, 2.05) is 48.5 Å². The average molecular weight is 454 g/mol. The van der Waals surface area contributed by atoms with Crippen LogP contribution in [0.2, 0.25) is 0 Å². The molecule has 2 heterocycles. The minimum Gasteiger partial charge on any atom is -0.497 e. The fourth-order valence-electron chi connectivity index (χ4n) is 5.57. The SMILES string of the molecule is COc1ccc(Nc2cc(N3C[C@@H](C)C[C@H](C)C3)c3noc4c3c2C(=O)c2ccccc2-4)cc1. The third-order valence-corrected chi connectivity index (χ3v) is 6.96. The Labute approximate surface area is 198 Å². The Kier molecular flexibility index (Phi) is 4.83. The summed E-state index contributed by atoms with van der Waals surface area (Å²) in [6.07, 6.45) is 1.21. The smallest absolute Gasteiger partial charge is 0.196 e. The number of aromatic nitrogens is 1. The molecule has 6 rings (SSSR count). The number of ether oxygens (including phenoxy) is 1. The molecule has 1 fully saturated rings. The van der Waals surface area contributed by atoms with Gasteiger partial charge in [0.15, 0.2) is 11.5 Å². The summed E-state index contributed by atoms with van der Waals surface area (Å²) >= 11 is 0. The predicted molar refractivity (Wildman–Crippen MR) is 134 cm³/mol. The Hall–Kier alpha value is -3.80. The highest BCUT2D eigenvalue weighted by Crippen LogP contribution is 2.47. The van der Waals surface area contributed by atoms with E-state index >= 15 is 0 Å². The van der Waals surface area contributed by atoms with E-state index in [9.17, 15) is 4.79 Å². The minimum absolute atomic E-state index is 0.0146. The summed E-state index contributed by atoms with van der Waals surface area (Å²) in [5.41, 5.74) is 5.47. The summed E-state index contributed by atoms with van der Waals surface area (Å²) in [6, 6.07) is 17.4. The van der Waals surface area contributed by atoms with Crippen molar-refractivity contribution in [1.29, 1.82) is 0 Å². The standard InChI is InChI=1S/C28H27N3O3/c1-16-12-17(2)15-31(14-16)23-13-22(29-18-8-10-19(33-3)11-9-18)24-25-26(23)30-34-28(25)21-7-5-4-6-20(21)27(24)32/h4-11,13,16-17,29H,12,14-15H2,1-3H3/t16-,17-/m0/s1. The van der Waals surface area contributed by atoms with E-state index in [-0.39, 0.29) is 5.78 Å². The Balaban J connectivity index is 1.57. The van der Waals surface area contributed by atoms with Crippen molar-refractivity contribution in [2.24, 2.45) is 11.8 Å². The van der Waals surface area contributed by atoms with Crippen LogP contribution in [0.15, 0.2) is 59.1 Å². The molecule has 34 heavy (non-hydrogen) atoms. The molecule has 2 atom stereocenters. The van der Waals surface area contributed by atoms with Crippen molar-refractivity contribution in [2.75, 3.05) is 30.4 Å². The van der Waals surface area contributed by atoms with Gasteiger partial charge in [-0.1, -0.05) is 43.3 Å². The Morgan fingerprint density at radius 1 is 1.03 bits per heavy atom. The van der Waals surface area contributed by atoms with Gasteiger partial charge in [0.25, 0.3) is 0 Å². The molecule has 4 aromatic rings. The molecule has 0 radical (unpaired) electrons. The van der Waals surface area contributed by atoms with E-state index in [0.717, 1.165) is 52.4 Å². The number of nitrogens with zero attached hydrogens (tertiary/aromatic N) is 2. The van der Waals surface area contributed by atoms with Gasteiger partial charge >= 0.3 is 0 Å². The maximum atomic E-state index is 13.8. The second-order valence-corrected chi connectivity index (χ2v) is 9.63. The first-order chi connectivity index (χ1) is 16.5. The topological polar surface area (TPSA) is 67.6 Å². The maximum Gasteiger partial charge on any atom is 0.196 e. The van der Waals surface area contributed by atoms with Gasteiger partial charge in [0.05, 0.1) is 29.4 Å². The maximum absolute atomic E-state index is 13.8. The summed E-state index contributed by atoms with van der Waals surface area (Å²) in [7, 11) is 1.65. The van der Waals surface area contributed by atoms with E-state index < -0.39 is 0 Å². The van der Waals surface area contributed by atoms with Crippen LogP contribution in [0.5, 0.6) is 5.75 Å². The van der Waals surface area contributed by atoms with E-state index in [1.54, 1.807) is 7.11 Å². The van der Waals surface area contributed by atoms with Gasteiger partial charge in [-0.25, -0.2) is 0 Å². The summed E-state index contributed by atoms with van der Waals surface area (Å²) in [5, 5.41) is 8.81. The van der Waals surface area contributed by atoms with Crippen molar-refractivity contribution in [3.05, 3.63) is 65.7 Å². The second-order valence-electron chi connectivity index (χ2n) is 9.63. The van der Waals surface area contributed by atoms with Crippen molar-refractivity contribution in [3.8, 4) is 17.1 Å². The first-order valence-corrected chi connectivity index (χ1v) is 11.8. The van der Waals surface area contributed by atoms with E-state index in [0.29, 0.717) is 28.7 Å². The lowest BCUT2D eigenvalue weighted by Crippen LogP contribution is -2.39. The lowest BCUT2D eigenvalue weighted by Gasteiger charge is -2.37. The van der Waals surface area contributed by atoms with Crippen LogP contribution < -0.4 is 15.0 Å². The van der Waals surface area contributed by atoms with Crippen LogP contribution in [-0.4, -0.2) is 31.1 Å². The molecule has 1 aromatic heterocycles. The summed E-state index contributed by atoms with van der Waals surface area (Å²) in [5.74, 6) is 2.60. The number of carbonyl (C=O) groups is 1. The zero-order chi connectivity index (χ0) is 23.4. The molecule has 0 bridgehead atoms. The van der Waals surface area contributed by atoms with Crippen LogP contribution >= 0.6 is 0 Å². The number of hydrogen-bond donors (Lipinski definition) is 1. The van der Waals surface area contributed by atoms with Crippen LogP contribution in [0, 0.1) is 11.8 Å². The fourth-order valence-corrected chi connectivity index (χ4v) is 5.57.